The molecule has 4 heterocycles. The van der Waals surface area contributed by atoms with E-state index < -0.39 is 0 Å². The van der Waals surface area contributed by atoms with E-state index in [1.54, 1.807) is 36.4 Å². The summed E-state index contributed by atoms with van der Waals surface area (Å²) < 4.78 is 0. The fourth-order valence-corrected chi connectivity index (χ4v) is 6.09. The molecule has 1 saturated heterocycles. The van der Waals surface area contributed by atoms with Crippen molar-refractivity contribution < 1.29 is 62.2 Å². The van der Waals surface area contributed by atoms with Gasteiger partial charge in [0, 0.05) is 58.9 Å². The van der Waals surface area contributed by atoms with Gasteiger partial charge in [0.15, 0.2) is 0 Å². The van der Waals surface area contributed by atoms with E-state index in [9.17, 15) is 15.3 Å². The predicted molar refractivity (Wildman–Crippen MR) is 169 cm³/mol. The van der Waals surface area contributed by atoms with Gasteiger partial charge in [-0.15, -0.1) is 0 Å². The summed E-state index contributed by atoms with van der Waals surface area (Å²) >= 11 is 0. The summed E-state index contributed by atoms with van der Waals surface area (Å²) in [6.07, 6.45) is 0. The number of para-hydroxylation sites is 3. The van der Waals surface area contributed by atoms with E-state index in [0.29, 0.717) is 36.2 Å². The Hall–Kier alpha value is -3.31. The number of rotatable bonds is 6. The van der Waals surface area contributed by atoms with Gasteiger partial charge in [0.05, 0.1) is 33.6 Å². The minimum Gasteiger partial charge on any atom is -0.871 e. The van der Waals surface area contributed by atoms with Crippen LogP contribution in [0.3, 0.4) is 0 Å². The molecular formula is C36H33N6O3Yb. The Kier molecular flexibility index (Phi) is 10.4. The topological polar surface area (TPSA) is 118 Å². The van der Waals surface area contributed by atoms with Gasteiger partial charge in [-0.25, -0.2) is 0 Å². The van der Waals surface area contributed by atoms with Gasteiger partial charge in [-0.1, -0.05) is 90.0 Å². The fourth-order valence-electron chi connectivity index (χ4n) is 6.09. The van der Waals surface area contributed by atoms with Crippen molar-refractivity contribution in [3.05, 3.63) is 108 Å². The van der Waals surface area contributed by atoms with Crippen molar-refractivity contribution in [1.82, 2.24) is 29.7 Å². The largest absolute Gasteiger partial charge is 3.00 e. The van der Waals surface area contributed by atoms with E-state index in [0.717, 1.165) is 72.5 Å². The summed E-state index contributed by atoms with van der Waals surface area (Å²) in [6, 6.07) is 27.6. The van der Waals surface area contributed by atoms with Gasteiger partial charge < -0.3 is 15.3 Å². The maximum atomic E-state index is 12.5. The Balaban J connectivity index is 0.00000372. The minimum absolute atomic E-state index is 0. The molecule has 0 aliphatic carbocycles. The van der Waals surface area contributed by atoms with Crippen molar-refractivity contribution in [3.63, 3.8) is 0 Å². The van der Waals surface area contributed by atoms with Crippen molar-refractivity contribution in [3.8, 4) is 17.2 Å². The first-order valence-electron chi connectivity index (χ1n) is 15.3. The quantitative estimate of drug-likeness (QED) is 0.252. The molecule has 0 amide bonds. The summed E-state index contributed by atoms with van der Waals surface area (Å²) in [5.41, 5.74) is 4.10. The van der Waals surface area contributed by atoms with Crippen molar-refractivity contribution in [2.45, 2.75) is 19.6 Å². The van der Waals surface area contributed by atoms with Crippen LogP contribution < -0.4 is 15.3 Å². The molecule has 3 aromatic carbocycles. The second kappa shape index (κ2) is 14.6. The third-order valence-corrected chi connectivity index (χ3v) is 8.58. The molecule has 1 aliphatic rings. The first kappa shape index (κ1) is 32.6. The molecule has 3 aromatic heterocycles. The maximum absolute atomic E-state index is 12.5. The summed E-state index contributed by atoms with van der Waals surface area (Å²) in [5.74, 6) is -0.196. The number of hydrogen-bond acceptors (Lipinski definition) is 9. The van der Waals surface area contributed by atoms with E-state index in [1.165, 1.54) is 0 Å². The van der Waals surface area contributed by atoms with Crippen LogP contribution in [0.4, 0.5) is 0 Å². The average Bonchev–Trinajstić information content (AvgIpc) is 3.13. The normalized spacial score (nSPS) is 15.4. The average molecular weight is 771 g/mol. The van der Waals surface area contributed by atoms with Crippen LogP contribution in [0.2, 0.25) is 0 Å². The maximum Gasteiger partial charge on any atom is 3.00 e. The van der Waals surface area contributed by atoms with Crippen molar-refractivity contribution in [1.29, 1.82) is 0 Å². The number of hydrogen-bond donors (Lipinski definition) is 0. The second-order valence-electron chi connectivity index (χ2n) is 11.7. The van der Waals surface area contributed by atoms with Gasteiger partial charge >= 0.3 is 46.9 Å². The number of aromatic nitrogens is 3. The van der Waals surface area contributed by atoms with Gasteiger partial charge in [0.1, 0.15) is 0 Å². The van der Waals surface area contributed by atoms with Crippen LogP contribution in [0.5, 0.6) is 17.2 Å². The fraction of sp³-hybridized carbons (Fsp3) is 0.250. The number of pyridine rings is 3. The Labute approximate surface area is 306 Å². The molecule has 1 radical (unpaired) electrons. The molecule has 0 N–H and O–H groups in total. The zero-order valence-electron chi connectivity index (χ0n) is 25.2. The Morgan fingerprint density at radius 1 is 0.413 bits per heavy atom. The molecule has 0 saturated carbocycles. The summed E-state index contributed by atoms with van der Waals surface area (Å²) in [7, 11) is 0. The van der Waals surface area contributed by atoms with E-state index in [-0.39, 0.29) is 64.2 Å². The van der Waals surface area contributed by atoms with E-state index in [1.807, 2.05) is 54.6 Å². The molecule has 0 unspecified atom stereocenters. The first-order chi connectivity index (χ1) is 22.0. The van der Waals surface area contributed by atoms with Crippen LogP contribution in [-0.2, 0) is 19.6 Å². The van der Waals surface area contributed by atoms with Crippen molar-refractivity contribution in [2.75, 3.05) is 39.3 Å². The first-order valence-corrected chi connectivity index (χ1v) is 15.3. The third-order valence-electron chi connectivity index (χ3n) is 8.58. The third kappa shape index (κ3) is 7.46. The van der Waals surface area contributed by atoms with E-state index in [4.69, 9.17) is 15.0 Å². The van der Waals surface area contributed by atoms with Crippen LogP contribution in [0.1, 0.15) is 17.1 Å². The summed E-state index contributed by atoms with van der Waals surface area (Å²) in [6.45, 7) is 6.69. The molecule has 6 aromatic rings. The monoisotopic (exact) mass is 771 g/mol. The molecule has 1 aliphatic heterocycles. The molecule has 7 rings (SSSR count). The van der Waals surface area contributed by atoms with Crippen LogP contribution in [-0.4, -0.2) is 68.9 Å². The molecule has 239 valence electrons. The van der Waals surface area contributed by atoms with Crippen LogP contribution in [0, 0.1) is 46.9 Å². The summed E-state index contributed by atoms with van der Waals surface area (Å²) in [5, 5.41) is 39.9. The smallest absolute Gasteiger partial charge is 0.871 e. The van der Waals surface area contributed by atoms with Gasteiger partial charge in [0.25, 0.3) is 0 Å². The second-order valence-corrected chi connectivity index (χ2v) is 11.7. The van der Waals surface area contributed by atoms with Gasteiger partial charge in [0.2, 0.25) is 0 Å². The molecule has 46 heavy (non-hydrogen) atoms. The number of benzene rings is 3. The van der Waals surface area contributed by atoms with Crippen LogP contribution in [0.25, 0.3) is 32.7 Å². The van der Waals surface area contributed by atoms with Crippen LogP contribution >= 0.6 is 0 Å². The molecular weight excluding hydrogens is 737 g/mol. The zero-order chi connectivity index (χ0) is 30.8. The van der Waals surface area contributed by atoms with Gasteiger partial charge in [-0.05, 0) is 34.4 Å². The standard InChI is InChI=1S/C36H36N6O3.Yb/c43-31-7-1-4-25-10-13-28(37-34(25)31)22-40-16-18-41(23-29-14-11-26-5-2-8-32(44)35(26)38-29)20-21-42(19-17-40)24-30-15-12-27-6-3-9-33(45)36(27)39-30;/h1-15,43-45H,16-24H2;/q;+3/p-3. The van der Waals surface area contributed by atoms with Crippen LogP contribution in [0.15, 0.2) is 91.0 Å². The molecule has 0 atom stereocenters. The van der Waals surface area contributed by atoms with Gasteiger partial charge in [-0.3, -0.25) is 29.7 Å². The Morgan fingerprint density at radius 2 is 0.696 bits per heavy atom. The Bertz CT molecular complexity index is 1750. The molecule has 0 spiro atoms. The van der Waals surface area contributed by atoms with Crippen molar-refractivity contribution >= 4 is 32.7 Å². The molecule has 0 bridgehead atoms. The Morgan fingerprint density at radius 3 is 0.978 bits per heavy atom. The summed E-state index contributed by atoms with van der Waals surface area (Å²) in [4.78, 5) is 21.3. The van der Waals surface area contributed by atoms with Gasteiger partial charge in [-0.2, -0.15) is 0 Å². The van der Waals surface area contributed by atoms with Crippen molar-refractivity contribution in [2.24, 2.45) is 0 Å². The zero-order valence-corrected chi connectivity index (χ0v) is 26.9. The predicted octanol–water partition coefficient (Wildman–Crippen LogP) is 3.37. The molecule has 10 heteroatoms. The SMILES string of the molecule is [O-]c1cccc2ccc(CN3CCN(Cc4ccc5cccc([O-])c5n4)CCN(Cc4ccc5cccc([O-])c5n4)CC3)nc12.[Yb+3]. The molecule has 9 nitrogen and oxygen atoms in total. The van der Waals surface area contributed by atoms with E-state index in [2.05, 4.69) is 14.7 Å². The minimum atomic E-state index is -0.0654. The number of nitrogens with zero attached hydrogens (tertiary/aromatic N) is 6. The van der Waals surface area contributed by atoms with E-state index >= 15 is 0 Å². The molecule has 1 fully saturated rings. The number of fused-ring (bicyclic) bond motifs is 3.